The molecular formula is C20H21N. The lowest BCUT2D eigenvalue weighted by atomic mass is 10.0. The first-order valence-corrected chi connectivity index (χ1v) is 7.60. The Bertz CT molecular complexity index is 745. The van der Waals surface area contributed by atoms with Gasteiger partial charge in [-0.15, -0.1) is 0 Å². The minimum atomic E-state index is 0.293. The van der Waals surface area contributed by atoms with E-state index in [-0.39, 0.29) is 0 Å². The summed E-state index contributed by atoms with van der Waals surface area (Å²) in [4.78, 5) is 0. The predicted molar refractivity (Wildman–Crippen MR) is 91.8 cm³/mol. The molecule has 3 aromatic carbocycles. The third-order valence-electron chi connectivity index (χ3n) is 3.99. The summed E-state index contributed by atoms with van der Waals surface area (Å²) in [6, 6.07) is 24.1. The second kappa shape index (κ2) is 6.01. The van der Waals surface area contributed by atoms with Crippen LogP contribution in [0.5, 0.6) is 0 Å². The molecule has 1 unspecified atom stereocenters. The molecule has 0 saturated carbocycles. The summed E-state index contributed by atoms with van der Waals surface area (Å²) in [5.41, 5.74) is 3.87. The quantitative estimate of drug-likeness (QED) is 0.656. The van der Waals surface area contributed by atoms with Gasteiger partial charge in [-0.2, -0.15) is 0 Å². The molecule has 0 heterocycles. The molecule has 0 bridgehead atoms. The van der Waals surface area contributed by atoms with Gasteiger partial charge in [-0.05, 0) is 53.4 Å². The zero-order chi connectivity index (χ0) is 14.7. The lowest BCUT2D eigenvalue weighted by Gasteiger charge is -2.17. The Labute approximate surface area is 126 Å². The van der Waals surface area contributed by atoms with Crippen molar-refractivity contribution in [2.45, 2.75) is 26.3 Å². The van der Waals surface area contributed by atoms with Crippen LogP contribution < -0.4 is 5.32 Å². The Balaban J connectivity index is 1.84. The lowest BCUT2D eigenvalue weighted by Crippen LogP contribution is -2.06. The van der Waals surface area contributed by atoms with E-state index >= 15 is 0 Å². The zero-order valence-electron chi connectivity index (χ0n) is 12.6. The standard InChI is InChI=1S/C20H21N/c1-3-16-7-6-10-20(13-16)21-15(2)18-12-11-17-8-4-5-9-19(17)14-18/h4-15,21H,3H2,1-2H3. The van der Waals surface area contributed by atoms with Gasteiger partial charge in [0.15, 0.2) is 0 Å². The van der Waals surface area contributed by atoms with Crippen LogP contribution in [0.15, 0.2) is 66.7 Å². The minimum Gasteiger partial charge on any atom is -0.379 e. The van der Waals surface area contributed by atoms with Gasteiger partial charge in [0.2, 0.25) is 0 Å². The Morgan fingerprint density at radius 1 is 0.857 bits per heavy atom. The zero-order valence-corrected chi connectivity index (χ0v) is 12.6. The van der Waals surface area contributed by atoms with Crippen LogP contribution >= 0.6 is 0 Å². The van der Waals surface area contributed by atoms with Gasteiger partial charge in [-0.25, -0.2) is 0 Å². The molecular weight excluding hydrogens is 254 g/mol. The highest BCUT2D eigenvalue weighted by Crippen LogP contribution is 2.23. The number of aryl methyl sites for hydroxylation is 1. The van der Waals surface area contributed by atoms with Crippen LogP contribution in [0.25, 0.3) is 10.8 Å². The first-order chi connectivity index (χ1) is 10.3. The number of fused-ring (bicyclic) bond motifs is 1. The van der Waals surface area contributed by atoms with Gasteiger partial charge in [0.05, 0.1) is 0 Å². The van der Waals surface area contributed by atoms with Crippen LogP contribution in [0.2, 0.25) is 0 Å². The summed E-state index contributed by atoms with van der Waals surface area (Å²) in [5.74, 6) is 0. The van der Waals surface area contributed by atoms with Crippen LogP contribution in [-0.2, 0) is 6.42 Å². The van der Waals surface area contributed by atoms with Gasteiger partial charge < -0.3 is 5.32 Å². The first-order valence-electron chi connectivity index (χ1n) is 7.60. The molecule has 3 rings (SSSR count). The molecule has 0 aliphatic carbocycles. The maximum absolute atomic E-state index is 3.60. The Kier molecular flexibility index (Phi) is 3.92. The molecule has 1 nitrogen and oxygen atoms in total. The number of hydrogen-bond acceptors (Lipinski definition) is 1. The predicted octanol–water partition coefficient (Wildman–Crippen LogP) is 5.58. The monoisotopic (exact) mass is 275 g/mol. The van der Waals surface area contributed by atoms with Crippen LogP contribution in [0.4, 0.5) is 5.69 Å². The second-order valence-electron chi connectivity index (χ2n) is 5.53. The normalized spacial score (nSPS) is 12.3. The van der Waals surface area contributed by atoms with Crippen molar-refractivity contribution in [3.8, 4) is 0 Å². The average Bonchev–Trinajstić information content (AvgIpc) is 2.54. The molecule has 106 valence electrons. The van der Waals surface area contributed by atoms with Gasteiger partial charge in [-0.1, -0.05) is 55.5 Å². The second-order valence-corrected chi connectivity index (χ2v) is 5.53. The minimum absolute atomic E-state index is 0.293. The Hall–Kier alpha value is -2.28. The van der Waals surface area contributed by atoms with Crippen molar-refractivity contribution in [1.82, 2.24) is 0 Å². The van der Waals surface area contributed by atoms with E-state index in [0.717, 1.165) is 6.42 Å². The van der Waals surface area contributed by atoms with E-state index in [0.29, 0.717) is 6.04 Å². The summed E-state index contributed by atoms with van der Waals surface area (Å²) in [6.45, 7) is 4.40. The summed E-state index contributed by atoms with van der Waals surface area (Å²) >= 11 is 0. The van der Waals surface area contributed by atoms with Crippen molar-refractivity contribution in [1.29, 1.82) is 0 Å². The summed E-state index contributed by atoms with van der Waals surface area (Å²) in [7, 11) is 0. The van der Waals surface area contributed by atoms with Crippen molar-refractivity contribution >= 4 is 16.5 Å². The molecule has 0 aliphatic rings. The molecule has 1 atom stereocenters. The molecule has 0 radical (unpaired) electrons. The van der Waals surface area contributed by atoms with E-state index in [1.54, 1.807) is 0 Å². The largest absolute Gasteiger partial charge is 0.379 e. The van der Waals surface area contributed by atoms with Gasteiger partial charge in [-0.3, -0.25) is 0 Å². The van der Waals surface area contributed by atoms with Crippen LogP contribution in [0.3, 0.4) is 0 Å². The van der Waals surface area contributed by atoms with Crippen LogP contribution in [0.1, 0.15) is 31.0 Å². The molecule has 1 N–H and O–H groups in total. The third kappa shape index (κ3) is 3.08. The molecule has 3 aromatic rings. The molecule has 1 heteroatoms. The van der Waals surface area contributed by atoms with Gasteiger partial charge in [0.1, 0.15) is 0 Å². The molecule has 21 heavy (non-hydrogen) atoms. The fourth-order valence-corrected chi connectivity index (χ4v) is 2.69. The van der Waals surface area contributed by atoms with Crippen molar-refractivity contribution < 1.29 is 0 Å². The van der Waals surface area contributed by atoms with E-state index in [1.807, 2.05) is 0 Å². The number of benzene rings is 3. The van der Waals surface area contributed by atoms with Crippen LogP contribution in [0, 0.1) is 0 Å². The Morgan fingerprint density at radius 3 is 2.48 bits per heavy atom. The molecule has 0 amide bonds. The van der Waals surface area contributed by atoms with Crippen molar-refractivity contribution in [3.05, 3.63) is 77.9 Å². The summed E-state index contributed by atoms with van der Waals surface area (Å²) < 4.78 is 0. The highest BCUT2D eigenvalue weighted by Gasteiger charge is 2.06. The SMILES string of the molecule is CCc1cccc(NC(C)c2ccc3ccccc3c2)c1. The number of hydrogen-bond donors (Lipinski definition) is 1. The number of anilines is 1. The van der Waals surface area contributed by atoms with E-state index < -0.39 is 0 Å². The third-order valence-corrected chi connectivity index (χ3v) is 3.99. The van der Waals surface area contributed by atoms with Crippen molar-refractivity contribution in [2.75, 3.05) is 5.32 Å². The van der Waals surface area contributed by atoms with E-state index in [2.05, 4.69) is 85.9 Å². The highest BCUT2D eigenvalue weighted by atomic mass is 14.9. The van der Waals surface area contributed by atoms with Crippen molar-refractivity contribution in [2.24, 2.45) is 0 Å². The summed E-state index contributed by atoms with van der Waals surface area (Å²) in [5, 5.41) is 6.19. The smallest absolute Gasteiger partial charge is 0.0485 e. The first kappa shape index (κ1) is 13.7. The van der Waals surface area contributed by atoms with E-state index in [1.165, 1.54) is 27.6 Å². The molecule has 0 spiro atoms. The van der Waals surface area contributed by atoms with Gasteiger partial charge in [0.25, 0.3) is 0 Å². The van der Waals surface area contributed by atoms with Crippen molar-refractivity contribution in [3.63, 3.8) is 0 Å². The molecule has 0 saturated heterocycles. The fraction of sp³-hybridized carbons (Fsp3) is 0.200. The van der Waals surface area contributed by atoms with Crippen LogP contribution in [-0.4, -0.2) is 0 Å². The molecule has 0 fully saturated rings. The van der Waals surface area contributed by atoms with Gasteiger partial charge >= 0.3 is 0 Å². The molecule has 0 aromatic heterocycles. The van der Waals surface area contributed by atoms with E-state index in [4.69, 9.17) is 0 Å². The Morgan fingerprint density at radius 2 is 1.67 bits per heavy atom. The summed E-state index contributed by atoms with van der Waals surface area (Å²) in [6.07, 6.45) is 1.07. The lowest BCUT2D eigenvalue weighted by molar-refractivity contribution is 0.886. The number of rotatable bonds is 4. The highest BCUT2D eigenvalue weighted by molar-refractivity contribution is 5.83. The number of nitrogens with one attached hydrogen (secondary N) is 1. The maximum atomic E-state index is 3.60. The fourth-order valence-electron chi connectivity index (χ4n) is 2.69. The maximum Gasteiger partial charge on any atom is 0.0485 e. The van der Waals surface area contributed by atoms with Gasteiger partial charge in [0, 0.05) is 11.7 Å². The average molecular weight is 275 g/mol. The topological polar surface area (TPSA) is 12.0 Å². The van der Waals surface area contributed by atoms with E-state index in [9.17, 15) is 0 Å². The molecule has 0 aliphatic heterocycles.